The molecule has 0 unspecified atom stereocenters. The molecule has 0 saturated heterocycles. The maximum Gasteiger partial charge on any atom is 0.0686 e. The van der Waals surface area contributed by atoms with Gasteiger partial charge in [-0.2, -0.15) is 0 Å². The number of rotatable bonds is 3. The normalized spacial score (nSPS) is 23.3. The first-order valence-electron chi connectivity index (χ1n) is 3.44. The van der Waals surface area contributed by atoms with Gasteiger partial charge in [0.25, 0.3) is 0 Å². The lowest BCUT2D eigenvalue weighted by Crippen LogP contribution is -2.39. The molecule has 54 valence electrons. The summed E-state index contributed by atoms with van der Waals surface area (Å²) in [4.78, 5) is 0. The fourth-order valence-corrected chi connectivity index (χ4v) is 2.28. The molecule has 1 fully saturated rings. The van der Waals surface area contributed by atoms with Crippen molar-refractivity contribution in [3.8, 4) is 0 Å². The van der Waals surface area contributed by atoms with Crippen molar-refractivity contribution >= 4 is 22.6 Å². The molecule has 0 atom stereocenters. The molecule has 0 N–H and O–H groups in total. The van der Waals surface area contributed by atoms with Crippen LogP contribution in [0.2, 0.25) is 0 Å². The van der Waals surface area contributed by atoms with E-state index >= 15 is 0 Å². The molecule has 1 rings (SSSR count). The molecule has 9 heavy (non-hydrogen) atoms. The van der Waals surface area contributed by atoms with E-state index in [-0.39, 0.29) is 0 Å². The smallest absolute Gasteiger partial charge is 0.0686 e. The molecule has 0 aromatic heterocycles. The van der Waals surface area contributed by atoms with Gasteiger partial charge >= 0.3 is 0 Å². The third kappa shape index (κ3) is 1.58. The number of hydrogen-bond donors (Lipinski definition) is 0. The van der Waals surface area contributed by atoms with E-state index in [1.54, 1.807) is 0 Å². The summed E-state index contributed by atoms with van der Waals surface area (Å²) in [6, 6.07) is 0. The molecule has 0 aliphatic heterocycles. The molecular formula is C7H13IO. The highest BCUT2D eigenvalue weighted by Gasteiger charge is 2.35. The summed E-state index contributed by atoms with van der Waals surface area (Å²) in [5.41, 5.74) is 0.307. The fourth-order valence-electron chi connectivity index (χ4n) is 1.30. The van der Waals surface area contributed by atoms with Gasteiger partial charge in [0.15, 0.2) is 0 Å². The van der Waals surface area contributed by atoms with Crippen LogP contribution in [0, 0.1) is 0 Å². The van der Waals surface area contributed by atoms with Crippen molar-refractivity contribution in [3.63, 3.8) is 0 Å². The van der Waals surface area contributed by atoms with E-state index in [1.165, 1.54) is 30.1 Å². The average Bonchev–Trinajstić information content (AvgIpc) is 1.79. The van der Waals surface area contributed by atoms with Gasteiger partial charge in [-0.05, 0) is 25.7 Å². The van der Waals surface area contributed by atoms with Crippen LogP contribution < -0.4 is 0 Å². The minimum Gasteiger partial charge on any atom is -0.378 e. The van der Waals surface area contributed by atoms with Crippen LogP contribution in [0.4, 0.5) is 0 Å². The quantitative estimate of drug-likeness (QED) is 0.543. The van der Waals surface area contributed by atoms with Gasteiger partial charge in [-0.1, -0.05) is 22.6 Å². The highest BCUT2D eigenvalue weighted by Crippen LogP contribution is 2.38. The molecule has 0 amide bonds. The van der Waals surface area contributed by atoms with Crippen LogP contribution in [0.1, 0.15) is 25.7 Å². The van der Waals surface area contributed by atoms with Gasteiger partial charge in [0.05, 0.1) is 5.60 Å². The van der Waals surface area contributed by atoms with Crippen LogP contribution in [0.5, 0.6) is 0 Å². The van der Waals surface area contributed by atoms with Crippen LogP contribution in [0.25, 0.3) is 0 Å². The van der Waals surface area contributed by atoms with E-state index in [2.05, 4.69) is 22.6 Å². The van der Waals surface area contributed by atoms with E-state index in [4.69, 9.17) is 4.74 Å². The minimum absolute atomic E-state index is 0.307. The van der Waals surface area contributed by atoms with Crippen molar-refractivity contribution in [2.75, 3.05) is 11.5 Å². The van der Waals surface area contributed by atoms with Gasteiger partial charge in [-0.25, -0.2) is 0 Å². The van der Waals surface area contributed by atoms with E-state index in [1.807, 2.05) is 7.11 Å². The Labute approximate surface area is 70.3 Å². The number of methoxy groups -OCH3 is 1. The maximum atomic E-state index is 5.41. The van der Waals surface area contributed by atoms with Crippen LogP contribution in [0.3, 0.4) is 0 Å². The Balaban J connectivity index is 2.28. The zero-order chi connectivity index (χ0) is 6.74. The predicted octanol–water partition coefficient (Wildman–Crippen LogP) is 2.38. The van der Waals surface area contributed by atoms with Crippen molar-refractivity contribution < 1.29 is 4.74 Å². The summed E-state index contributed by atoms with van der Waals surface area (Å²) in [5, 5.41) is 0. The molecule has 0 heterocycles. The zero-order valence-corrected chi connectivity index (χ0v) is 7.98. The SMILES string of the molecule is COC1(CCI)CCC1. The summed E-state index contributed by atoms with van der Waals surface area (Å²) in [7, 11) is 1.84. The van der Waals surface area contributed by atoms with Gasteiger partial charge in [0, 0.05) is 11.5 Å². The lowest BCUT2D eigenvalue weighted by Gasteiger charge is -2.40. The first-order chi connectivity index (χ1) is 4.33. The second-order valence-electron chi connectivity index (χ2n) is 2.68. The minimum atomic E-state index is 0.307. The molecule has 0 radical (unpaired) electrons. The second-order valence-corrected chi connectivity index (χ2v) is 3.76. The number of halogens is 1. The third-order valence-electron chi connectivity index (χ3n) is 2.25. The van der Waals surface area contributed by atoms with Crippen LogP contribution >= 0.6 is 22.6 Å². The summed E-state index contributed by atoms with van der Waals surface area (Å²) < 4.78 is 6.64. The van der Waals surface area contributed by atoms with Crippen molar-refractivity contribution in [2.45, 2.75) is 31.3 Å². The van der Waals surface area contributed by atoms with Gasteiger partial charge < -0.3 is 4.74 Å². The maximum absolute atomic E-state index is 5.41. The molecular weight excluding hydrogens is 227 g/mol. The highest BCUT2D eigenvalue weighted by molar-refractivity contribution is 14.1. The Morgan fingerprint density at radius 3 is 2.33 bits per heavy atom. The van der Waals surface area contributed by atoms with Crippen molar-refractivity contribution in [1.29, 1.82) is 0 Å². The summed E-state index contributed by atoms with van der Waals surface area (Å²) in [6.07, 6.45) is 5.17. The van der Waals surface area contributed by atoms with Gasteiger partial charge in [-0.3, -0.25) is 0 Å². The third-order valence-corrected chi connectivity index (χ3v) is 2.79. The Morgan fingerprint density at radius 1 is 1.56 bits per heavy atom. The van der Waals surface area contributed by atoms with Gasteiger partial charge in [0.2, 0.25) is 0 Å². The average molecular weight is 240 g/mol. The molecule has 0 spiro atoms. The number of alkyl halides is 1. The summed E-state index contributed by atoms with van der Waals surface area (Å²) in [5.74, 6) is 0. The summed E-state index contributed by atoms with van der Waals surface area (Å²) >= 11 is 2.41. The second kappa shape index (κ2) is 3.19. The standard InChI is InChI=1S/C7H13IO/c1-9-7(5-6-8)3-2-4-7/h2-6H2,1H3. The van der Waals surface area contributed by atoms with Gasteiger partial charge in [0.1, 0.15) is 0 Å². The van der Waals surface area contributed by atoms with Gasteiger partial charge in [-0.15, -0.1) is 0 Å². The zero-order valence-electron chi connectivity index (χ0n) is 5.82. The van der Waals surface area contributed by atoms with Crippen LogP contribution in [-0.2, 0) is 4.74 Å². The van der Waals surface area contributed by atoms with Crippen molar-refractivity contribution in [2.24, 2.45) is 0 Å². The Morgan fingerprint density at radius 2 is 2.22 bits per heavy atom. The van der Waals surface area contributed by atoms with Crippen LogP contribution in [0.15, 0.2) is 0 Å². The molecule has 0 bridgehead atoms. The largest absolute Gasteiger partial charge is 0.378 e. The van der Waals surface area contributed by atoms with E-state index < -0.39 is 0 Å². The molecule has 0 aromatic rings. The highest BCUT2D eigenvalue weighted by atomic mass is 127. The van der Waals surface area contributed by atoms with E-state index in [0.29, 0.717) is 5.60 Å². The molecule has 1 nitrogen and oxygen atoms in total. The Hall–Kier alpha value is 0.690. The van der Waals surface area contributed by atoms with E-state index in [9.17, 15) is 0 Å². The first kappa shape index (κ1) is 7.79. The summed E-state index contributed by atoms with van der Waals surface area (Å²) in [6.45, 7) is 0. The first-order valence-corrected chi connectivity index (χ1v) is 4.97. The predicted molar refractivity (Wildman–Crippen MR) is 47.1 cm³/mol. The van der Waals surface area contributed by atoms with Crippen molar-refractivity contribution in [3.05, 3.63) is 0 Å². The number of ether oxygens (including phenoxy) is 1. The molecule has 1 saturated carbocycles. The Bertz CT molecular complexity index is 83.4. The lowest BCUT2D eigenvalue weighted by molar-refractivity contribution is -0.0725. The molecule has 1 aliphatic rings. The molecule has 0 aromatic carbocycles. The van der Waals surface area contributed by atoms with Crippen molar-refractivity contribution in [1.82, 2.24) is 0 Å². The lowest BCUT2D eigenvalue weighted by atomic mass is 9.78. The van der Waals surface area contributed by atoms with E-state index in [0.717, 1.165) is 0 Å². The fraction of sp³-hybridized carbons (Fsp3) is 1.00. The molecule has 2 heteroatoms. The topological polar surface area (TPSA) is 9.23 Å². The number of hydrogen-bond acceptors (Lipinski definition) is 1. The Kier molecular flexibility index (Phi) is 2.76. The monoisotopic (exact) mass is 240 g/mol. The molecule has 1 aliphatic carbocycles. The van der Waals surface area contributed by atoms with Crippen LogP contribution in [-0.4, -0.2) is 17.1 Å².